The number of carbonyl (C=O) groups excluding carboxylic acids is 3. The molecule has 4 fully saturated rings. The average molecular weight is 840 g/mol. The van der Waals surface area contributed by atoms with Gasteiger partial charge in [0.05, 0.1) is 32.9 Å². The maximum Gasteiger partial charge on any atom is 0.251 e. The number of hydrogen-bond donors (Lipinski definition) is 4. The van der Waals surface area contributed by atoms with E-state index >= 15 is 0 Å². The lowest BCUT2D eigenvalue weighted by atomic mass is 9.43. The summed E-state index contributed by atoms with van der Waals surface area (Å²) in [7, 11) is 8.95. The number of nitrogens with one attached hydrogen (secondary N) is 2. The van der Waals surface area contributed by atoms with E-state index in [-0.39, 0.29) is 43.3 Å². The first kappa shape index (κ1) is 46.2. The van der Waals surface area contributed by atoms with Crippen molar-refractivity contribution in [2.75, 3.05) is 59.9 Å². The van der Waals surface area contributed by atoms with Gasteiger partial charge in [0.25, 0.3) is 5.91 Å². The minimum Gasteiger partial charge on any atom is -0.496 e. The number of aliphatic hydroxyl groups excluding tert-OH is 2. The van der Waals surface area contributed by atoms with Gasteiger partial charge in [0.15, 0.2) is 5.78 Å². The Balaban J connectivity index is 1.30. The van der Waals surface area contributed by atoms with Crippen molar-refractivity contribution in [2.24, 2.45) is 35.0 Å². The van der Waals surface area contributed by atoms with Gasteiger partial charge in [-0.15, -0.1) is 0 Å². The minimum absolute atomic E-state index is 0.00465. The van der Waals surface area contributed by atoms with Gasteiger partial charge in [-0.05, 0) is 105 Å². The highest BCUT2D eigenvalue weighted by Gasteiger charge is 2.56. The summed E-state index contributed by atoms with van der Waals surface area (Å²) in [4.78, 5) is 51.3. The van der Waals surface area contributed by atoms with Crippen LogP contribution in [0.5, 0.6) is 5.75 Å². The van der Waals surface area contributed by atoms with E-state index in [0.717, 1.165) is 24.0 Å². The molecule has 4 N–H and O–H groups in total. The Bertz CT molecular complexity index is 1990. The summed E-state index contributed by atoms with van der Waals surface area (Å²) in [5.74, 6) is 1.91. The van der Waals surface area contributed by atoms with Crippen LogP contribution in [0.15, 0.2) is 66.7 Å². The summed E-state index contributed by atoms with van der Waals surface area (Å²) < 4.78 is 6.14. The Hall–Kier alpha value is -4.33. The van der Waals surface area contributed by atoms with Crippen LogP contribution in [0.2, 0.25) is 0 Å². The van der Waals surface area contributed by atoms with Crippen molar-refractivity contribution in [1.82, 2.24) is 20.6 Å². The summed E-state index contributed by atoms with van der Waals surface area (Å²) >= 11 is 0. The molecule has 332 valence electrons. The zero-order valence-electron chi connectivity index (χ0n) is 37.7. The fourth-order valence-corrected chi connectivity index (χ4v) is 10.7. The number of ether oxygens (including phenoxy) is 1. The van der Waals surface area contributed by atoms with E-state index in [4.69, 9.17) is 9.57 Å². The van der Waals surface area contributed by atoms with Crippen LogP contribution in [0.3, 0.4) is 0 Å². The molecule has 12 nitrogen and oxygen atoms in total. The third-order valence-corrected chi connectivity index (χ3v) is 14.2. The number of aliphatic hydroxyl groups is 2. The molecular formula is C49H69N5O7. The fourth-order valence-electron chi connectivity index (χ4n) is 10.7. The van der Waals surface area contributed by atoms with Crippen LogP contribution in [-0.2, 0) is 27.4 Å². The first-order valence-corrected chi connectivity index (χ1v) is 22.0. The lowest BCUT2D eigenvalue weighted by Gasteiger charge is -2.62. The van der Waals surface area contributed by atoms with Crippen LogP contribution in [0.25, 0.3) is 11.1 Å². The summed E-state index contributed by atoms with van der Waals surface area (Å²) in [5.41, 5.74) is 4.71. The molecule has 1 aliphatic heterocycles. The number of methoxy groups -OCH3 is 1. The van der Waals surface area contributed by atoms with Crippen LogP contribution < -0.4 is 20.3 Å². The van der Waals surface area contributed by atoms with Crippen LogP contribution in [0, 0.1) is 35.0 Å². The zero-order chi connectivity index (χ0) is 44.2. The molecule has 12 heteroatoms. The number of carbonyl (C=O) groups is 3. The van der Waals surface area contributed by atoms with Gasteiger partial charge in [0.1, 0.15) is 17.9 Å². The van der Waals surface area contributed by atoms with Gasteiger partial charge in [-0.25, -0.2) is 0 Å². The minimum atomic E-state index is -0.893. The number of amides is 2. The molecule has 4 aliphatic rings. The van der Waals surface area contributed by atoms with Crippen molar-refractivity contribution < 1.29 is 34.2 Å². The number of para-hydroxylation sites is 1. The molecule has 0 radical (unpaired) electrons. The Morgan fingerprint density at radius 2 is 1.77 bits per heavy atom. The van der Waals surface area contributed by atoms with Gasteiger partial charge < -0.3 is 35.4 Å². The molecule has 3 aliphatic carbocycles. The molecule has 2 amide bonds. The van der Waals surface area contributed by atoms with Gasteiger partial charge >= 0.3 is 0 Å². The van der Waals surface area contributed by atoms with Crippen LogP contribution in [-0.4, -0.2) is 117 Å². The number of hydroxylamine groups is 2. The number of ketones is 1. The van der Waals surface area contributed by atoms with Gasteiger partial charge in [-0.1, -0.05) is 69.3 Å². The first-order chi connectivity index (χ1) is 29.1. The number of rotatable bonds is 19. The van der Waals surface area contributed by atoms with Crippen molar-refractivity contribution in [3.8, 4) is 16.9 Å². The molecule has 3 saturated carbocycles. The average Bonchev–Trinajstić information content (AvgIpc) is 3.61. The number of hydrogen-bond acceptors (Lipinski definition) is 10. The monoisotopic (exact) mass is 840 g/mol. The number of fused-ring (bicyclic) bond motifs is 2. The molecular weight excluding hydrogens is 771 g/mol. The van der Waals surface area contributed by atoms with Crippen molar-refractivity contribution in [3.05, 3.63) is 83.4 Å². The van der Waals surface area contributed by atoms with Crippen molar-refractivity contribution in [2.45, 2.75) is 90.6 Å². The van der Waals surface area contributed by atoms with Crippen molar-refractivity contribution in [3.63, 3.8) is 0 Å². The van der Waals surface area contributed by atoms with E-state index in [1.807, 2.05) is 69.7 Å². The largest absolute Gasteiger partial charge is 0.496 e. The topological polar surface area (TPSA) is 144 Å². The van der Waals surface area contributed by atoms with E-state index in [2.05, 4.69) is 48.4 Å². The first-order valence-electron chi connectivity index (χ1n) is 22.0. The Morgan fingerprint density at radius 3 is 2.39 bits per heavy atom. The number of likely N-dealkylation sites (N-methyl/N-ethyl adjacent to an activating group) is 3. The summed E-state index contributed by atoms with van der Waals surface area (Å²) in [6, 6.07) is 20.4. The van der Waals surface area contributed by atoms with E-state index in [1.54, 1.807) is 37.1 Å². The molecule has 0 unspecified atom stereocenters. The molecule has 1 saturated heterocycles. The molecule has 1 heterocycles. The maximum atomic E-state index is 14.4. The van der Waals surface area contributed by atoms with E-state index in [9.17, 15) is 24.6 Å². The van der Waals surface area contributed by atoms with E-state index < -0.39 is 24.2 Å². The molecule has 3 aromatic rings. The quantitative estimate of drug-likeness (QED) is 0.121. The Labute approximate surface area is 362 Å². The molecule has 0 aromatic heterocycles. The van der Waals surface area contributed by atoms with Crippen molar-refractivity contribution in [1.29, 1.82) is 0 Å². The zero-order valence-corrected chi connectivity index (χ0v) is 37.7. The fraction of sp³-hybridized carbons (Fsp3) is 0.571. The standard InChI is InChI=1S/C49H69N5O7/c1-30-33(22-37-25-41(30)49(37,3)4)18-19-42(57)46-45(31(2)56)43(29-55)61-54(46)26-34-16-13-17-40(47(34)60-9)35-21-36(24-39(23-35)53(8)28-44(58)50-5)48(59)51-38(27-52(6)7)20-32-14-11-10-12-15-32/h10-17,21,23-24,30-31,33,37-38,41,43,45-46,55-56H,18-20,22,25-29H2,1-9H3,(H,50,58)(H,51,59)/t30-,31+,33+,37+,38+,41+,43+,45-,46-/m1/s1. The molecule has 2 bridgehead atoms. The lowest BCUT2D eigenvalue weighted by molar-refractivity contribution is -0.181. The summed E-state index contributed by atoms with van der Waals surface area (Å²) in [6.07, 6.45) is 2.60. The van der Waals surface area contributed by atoms with E-state index in [0.29, 0.717) is 76.6 Å². The van der Waals surface area contributed by atoms with Crippen LogP contribution in [0.1, 0.15) is 74.9 Å². The van der Waals surface area contributed by atoms with Gasteiger partial charge in [-0.2, -0.15) is 5.06 Å². The van der Waals surface area contributed by atoms with Crippen molar-refractivity contribution >= 4 is 23.3 Å². The molecule has 7 rings (SSSR count). The summed E-state index contributed by atoms with van der Waals surface area (Å²) in [5, 5.41) is 29.1. The SMILES string of the molecule is CNC(=O)CN(C)c1cc(C(=O)N[C@@H](Cc2ccccc2)CN(C)C)cc(-c2cccc(CN3O[C@@H](CO)[C@@H]([C@H](C)O)[C@H]3C(=O)CC[C@H]3C[C@H]4C[C@@H]([C@@H]3C)C4(C)C)c2OC)c1. The second-order valence-electron chi connectivity index (χ2n) is 18.8. The number of Topliss-reactive ketones (excluding diaryl/α,β-unsaturated/α-hetero) is 1. The van der Waals surface area contributed by atoms with Gasteiger partial charge in [0, 0.05) is 61.4 Å². The predicted octanol–water partition coefficient (Wildman–Crippen LogP) is 5.59. The third kappa shape index (κ3) is 10.3. The van der Waals surface area contributed by atoms with E-state index in [1.165, 1.54) is 6.42 Å². The second-order valence-corrected chi connectivity index (χ2v) is 18.8. The normalized spacial score (nSPS) is 25.3. The van der Waals surface area contributed by atoms with Gasteiger partial charge in [-0.3, -0.25) is 19.2 Å². The highest BCUT2D eigenvalue weighted by Crippen LogP contribution is 2.63. The number of anilines is 1. The Kier molecular flexibility index (Phi) is 15.0. The lowest BCUT2D eigenvalue weighted by Crippen LogP contribution is -2.55. The Morgan fingerprint density at radius 1 is 1.03 bits per heavy atom. The highest BCUT2D eigenvalue weighted by molar-refractivity contribution is 5.97. The number of benzene rings is 3. The predicted molar refractivity (Wildman–Crippen MR) is 239 cm³/mol. The van der Waals surface area contributed by atoms with Gasteiger partial charge in [0.2, 0.25) is 5.91 Å². The highest BCUT2D eigenvalue weighted by atomic mass is 16.7. The summed E-state index contributed by atoms with van der Waals surface area (Å²) in [6.45, 7) is 9.30. The molecule has 0 spiro atoms. The smallest absolute Gasteiger partial charge is 0.251 e. The molecule has 3 aromatic carbocycles. The third-order valence-electron chi connectivity index (χ3n) is 14.2. The molecule has 9 atom stereocenters. The van der Waals surface area contributed by atoms with Crippen LogP contribution in [0.4, 0.5) is 5.69 Å². The maximum absolute atomic E-state index is 14.4. The van der Waals surface area contributed by atoms with Crippen LogP contribution >= 0.6 is 0 Å². The molecule has 61 heavy (non-hydrogen) atoms. The number of nitrogens with zero attached hydrogens (tertiary/aromatic N) is 3. The second kappa shape index (κ2) is 19.8.